The maximum absolute atomic E-state index is 12.4. The topological polar surface area (TPSA) is 46.9 Å². The molecule has 23 heavy (non-hydrogen) atoms. The Bertz CT molecular complexity index is 704. The molecule has 0 saturated heterocycles. The van der Waals surface area contributed by atoms with Gasteiger partial charge in [-0.05, 0) is 55.7 Å². The molecule has 2 aliphatic rings. The van der Waals surface area contributed by atoms with Crippen molar-refractivity contribution < 1.29 is 4.79 Å². The van der Waals surface area contributed by atoms with E-state index in [1.165, 1.54) is 31.2 Å². The second-order valence-electron chi connectivity index (χ2n) is 7.05. The van der Waals surface area contributed by atoms with E-state index >= 15 is 0 Å². The van der Waals surface area contributed by atoms with Gasteiger partial charge in [-0.1, -0.05) is 18.6 Å². The van der Waals surface area contributed by atoms with E-state index in [1.54, 1.807) is 0 Å². The Labute approximate surface area is 136 Å². The molecule has 120 valence electrons. The molecule has 2 aromatic rings. The molecule has 2 saturated carbocycles. The van der Waals surface area contributed by atoms with E-state index in [0.717, 1.165) is 23.9 Å². The summed E-state index contributed by atoms with van der Waals surface area (Å²) < 4.78 is 2.10. The van der Waals surface area contributed by atoms with E-state index in [9.17, 15) is 4.79 Å². The number of imidazole rings is 1. The third-order valence-corrected chi connectivity index (χ3v) is 5.55. The smallest absolute Gasteiger partial charge is 0.251 e. The van der Waals surface area contributed by atoms with Crippen molar-refractivity contribution in [1.82, 2.24) is 14.9 Å². The lowest BCUT2D eigenvalue weighted by Crippen LogP contribution is -2.38. The van der Waals surface area contributed by atoms with E-state index in [4.69, 9.17) is 0 Å². The molecule has 4 heteroatoms. The third-order valence-electron chi connectivity index (χ3n) is 5.55. The van der Waals surface area contributed by atoms with Crippen LogP contribution in [-0.2, 0) is 6.54 Å². The minimum atomic E-state index is 0.0768. The number of amides is 1. The van der Waals surface area contributed by atoms with Crippen molar-refractivity contribution in [2.24, 2.45) is 11.8 Å². The summed E-state index contributed by atoms with van der Waals surface area (Å²) in [6, 6.07) is 8.34. The Hall–Kier alpha value is -2.10. The van der Waals surface area contributed by atoms with Crippen LogP contribution in [0.2, 0.25) is 0 Å². The number of aryl methyl sites for hydroxylation is 1. The predicted molar refractivity (Wildman–Crippen MR) is 89.2 cm³/mol. The predicted octanol–water partition coefficient (Wildman–Crippen LogP) is 3.16. The summed E-state index contributed by atoms with van der Waals surface area (Å²) >= 11 is 0. The van der Waals surface area contributed by atoms with Crippen molar-refractivity contribution in [2.75, 3.05) is 0 Å². The molecule has 0 aliphatic heterocycles. The first-order valence-corrected chi connectivity index (χ1v) is 8.56. The molecule has 1 aromatic carbocycles. The Morgan fingerprint density at radius 2 is 2.09 bits per heavy atom. The zero-order valence-corrected chi connectivity index (χ0v) is 13.5. The standard InChI is InChI=1S/C19H23N3O/c1-13-20-8-9-22(13)12-14-2-5-16(6-3-14)19(23)21-18-11-15-4-7-17(18)10-15/h2-3,5-6,8-9,15,17-18H,4,7,10-12H2,1H3,(H,21,23)/t15-,17-,18+/m0/s1. The molecule has 0 radical (unpaired) electrons. The second kappa shape index (κ2) is 5.84. The minimum Gasteiger partial charge on any atom is -0.349 e. The molecule has 0 unspecified atom stereocenters. The largest absolute Gasteiger partial charge is 0.349 e. The summed E-state index contributed by atoms with van der Waals surface area (Å²) in [7, 11) is 0. The van der Waals surface area contributed by atoms with Gasteiger partial charge in [0.05, 0.1) is 0 Å². The van der Waals surface area contributed by atoms with Gasteiger partial charge in [-0.15, -0.1) is 0 Å². The lowest BCUT2D eigenvalue weighted by molar-refractivity contribution is 0.0923. The Kier molecular flexibility index (Phi) is 3.68. The highest BCUT2D eigenvalue weighted by Gasteiger charge is 2.40. The molecule has 2 aliphatic carbocycles. The van der Waals surface area contributed by atoms with E-state index in [1.807, 2.05) is 43.6 Å². The van der Waals surface area contributed by atoms with Crippen LogP contribution in [0, 0.1) is 18.8 Å². The summed E-state index contributed by atoms with van der Waals surface area (Å²) in [6.07, 6.45) is 8.93. The summed E-state index contributed by atoms with van der Waals surface area (Å²) in [6.45, 7) is 2.79. The average Bonchev–Trinajstić information content (AvgIpc) is 3.26. The second-order valence-corrected chi connectivity index (χ2v) is 7.05. The van der Waals surface area contributed by atoms with Gasteiger partial charge >= 0.3 is 0 Å². The summed E-state index contributed by atoms with van der Waals surface area (Å²) in [5, 5.41) is 3.25. The van der Waals surface area contributed by atoms with Gasteiger partial charge in [0.15, 0.2) is 0 Å². The van der Waals surface area contributed by atoms with E-state index < -0.39 is 0 Å². The highest BCUT2D eigenvalue weighted by molar-refractivity contribution is 5.94. The van der Waals surface area contributed by atoms with Gasteiger partial charge in [-0.25, -0.2) is 4.98 Å². The fourth-order valence-corrected chi connectivity index (χ4v) is 4.20. The maximum atomic E-state index is 12.4. The van der Waals surface area contributed by atoms with Crippen molar-refractivity contribution in [1.29, 1.82) is 0 Å². The lowest BCUT2D eigenvalue weighted by Gasteiger charge is -2.22. The molecule has 4 rings (SSSR count). The van der Waals surface area contributed by atoms with Gasteiger partial charge < -0.3 is 9.88 Å². The molecular formula is C19H23N3O. The van der Waals surface area contributed by atoms with Crippen LogP contribution < -0.4 is 5.32 Å². The summed E-state index contributed by atoms with van der Waals surface area (Å²) in [5.41, 5.74) is 1.95. The normalized spacial score (nSPS) is 25.7. The van der Waals surface area contributed by atoms with Crippen molar-refractivity contribution in [3.05, 3.63) is 53.6 Å². The number of carbonyl (C=O) groups excluding carboxylic acids is 1. The third kappa shape index (κ3) is 2.90. The first-order chi connectivity index (χ1) is 11.2. The molecule has 2 fully saturated rings. The molecule has 2 bridgehead atoms. The number of nitrogens with one attached hydrogen (secondary N) is 1. The van der Waals surface area contributed by atoms with E-state index in [-0.39, 0.29) is 5.91 Å². The van der Waals surface area contributed by atoms with Gasteiger partial charge in [-0.3, -0.25) is 4.79 Å². The summed E-state index contributed by atoms with van der Waals surface area (Å²) in [5.74, 6) is 2.65. The average molecular weight is 309 g/mol. The minimum absolute atomic E-state index is 0.0768. The van der Waals surface area contributed by atoms with E-state index in [2.05, 4.69) is 14.9 Å². The Morgan fingerprint density at radius 1 is 1.26 bits per heavy atom. The molecule has 0 spiro atoms. The number of benzene rings is 1. The van der Waals surface area contributed by atoms with Crippen LogP contribution in [0.4, 0.5) is 0 Å². The quantitative estimate of drug-likeness (QED) is 0.943. The zero-order chi connectivity index (χ0) is 15.8. The number of carbonyl (C=O) groups is 1. The lowest BCUT2D eigenvalue weighted by atomic mass is 9.95. The highest BCUT2D eigenvalue weighted by Crippen LogP contribution is 2.44. The van der Waals surface area contributed by atoms with Crippen LogP contribution in [0.5, 0.6) is 0 Å². The fraction of sp³-hybridized carbons (Fsp3) is 0.474. The SMILES string of the molecule is Cc1nccn1Cc1ccc(C(=O)N[C@@H]2C[C@H]3CC[C@H]2C3)cc1. The van der Waals surface area contributed by atoms with Crippen molar-refractivity contribution in [3.63, 3.8) is 0 Å². The van der Waals surface area contributed by atoms with Crippen LogP contribution in [0.1, 0.15) is 47.4 Å². The van der Waals surface area contributed by atoms with Crippen LogP contribution >= 0.6 is 0 Å². The number of nitrogens with zero attached hydrogens (tertiary/aromatic N) is 2. The number of fused-ring (bicyclic) bond motifs is 2. The van der Waals surface area contributed by atoms with Crippen molar-refractivity contribution >= 4 is 5.91 Å². The first kappa shape index (κ1) is 14.5. The van der Waals surface area contributed by atoms with Crippen LogP contribution in [0.3, 0.4) is 0 Å². The molecule has 3 atom stereocenters. The summed E-state index contributed by atoms with van der Waals surface area (Å²) in [4.78, 5) is 16.7. The van der Waals surface area contributed by atoms with Gasteiger partial charge in [0.25, 0.3) is 5.91 Å². The maximum Gasteiger partial charge on any atom is 0.251 e. The van der Waals surface area contributed by atoms with Gasteiger partial charge in [0, 0.05) is 30.5 Å². The molecule has 1 N–H and O–H groups in total. The zero-order valence-electron chi connectivity index (χ0n) is 13.5. The number of aromatic nitrogens is 2. The molecule has 1 amide bonds. The molecule has 1 aromatic heterocycles. The molecule has 4 nitrogen and oxygen atoms in total. The van der Waals surface area contributed by atoms with Gasteiger partial charge in [0.2, 0.25) is 0 Å². The number of rotatable bonds is 4. The van der Waals surface area contributed by atoms with E-state index in [0.29, 0.717) is 12.0 Å². The first-order valence-electron chi connectivity index (χ1n) is 8.56. The van der Waals surface area contributed by atoms with Crippen LogP contribution in [0.15, 0.2) is 36.7 Å². The van der Waals surface area contributed by atoms with Crippen LogP contribution in [0.25, 0.3) is 0 Å². The fourth-order valence-electron chi connectivity index (χ4n) is 4.20. The Morgan fingerprint density at radius 3 is 2.70 bits per heavy atom. The number of hydrogen-bond donors (Lipinski definition) is 1. The Balaban J connectivity index is 1.39. The van der Waals surface area contributed by atoms with Crippen molar-refractivity contribution in [3.8, 4) is 0 Å². The monoisotopic (exact) mass is 309 g/mol. The van der Waals surface area contributed by atoms with Gasteiger partial charge in [0.1, 0.15) is 5.82 Å². The van der Waals surface area contributed by atoms with Crippen LogP contribution in [-0.4, -0.2) is 21.5 Å². The van der Waals surface area contributed by atoms with Gasteiger partial charge in [-0.2, -0.15) is 0 Å². The van der Waals surface area contributed by atoms with Crippen molar-refractivity contribution in [2.45, 2.75) is 45.2 Å². The number of hydrogen-bond acceptors (Lipinski definition) is 2. The molecular weight excluding hydrogens is 286 g/mol. The highest BCUT2D eigenvalue weighted by atomic mass is 16.1. The molecule has 1 heterocycles.